The molecule has 8 bridgehead atoms. The van der Waals surface area contributed by atoms with Crippen molar-refractivity contribution in [2.75, 3.05) is 0 Å². The summed E-state index contributed by atoms with van der Waals surface area (Å²) in [5.41, 5.74) is -10.5. The Morgan fingerprint density at radius 1 is 0.191 bits per heavy atom. The van der Waals surface area contributed by atoms with Crippen LogP contribution in [-0.4, -0.2) is 156 Å². The third-order valence-electron chi connectivity index (χ3n) is 12.1. The Morgan fingerprint density at radius 3 is 0.324 bits per heavy atom. The van der Waals surface area contributed by atoms with E-state index in [4.69, 9.17) is 49.4 Å². The molecule has 6 rings (SSSR count). The summed E-state index contributed by atoms with van der Waals surface area (Å²) < 4.78 is 91.5. The molecule has 0 atom stereocenters. The topological polar surface area (TPSA) is 273 Å². The fourth-order valence-corrected chi connectivity index (χ4v) is 61.1. The van der Waals surface area contributed by atoms with Gasteiger partial charge in [0.1, 0.15) is 0 Å². The van der Waals surface area contributed by atoms with E-state index in [1.807, 2.05) is 0 Å². The van der Waals surface area contributed by atoms with Gasteiger partial charge in [0, 0.05) is 48.4 Å². The summed E-state index contributed by atoms with van der Waals surface area (Å²) in [6.07, 6.45) is 0.345. The van der Waals surface area contributed by atoms with Gasteiger partial charge in [0.15, 0.2) is 0 Å². The molecule has 0 radical (unpaired) electrons. The van der Waals surface area contributed by atoms with Crippen molar-refractivity contribution in [1.29, 1.82) is 0 Å². The van der Waals surface area contributed by atoms with Gasteiger partial charge in [0.05, 0.1) is 44.8 Å². The van der Waals surface area contributed by atoms with Crippen molar-refractivity contribution in [2.45, 2.75) is 255 Å². The van der Waals surface area contributed by atoms with E-state index in [-0.39, 0.29) is 99.7 Å². The van der Waals surface area contributed by atoms with Gasteiger partial charge in [0.25, 0.3) is 0 Å². The second-order valence-electron chi connectivity index (χ2n) is 25.2. The van der Waals surface area contributed by atoms with Crippen LogP contribution in [0.4, 0.5) is 0 Å². The molecular formula is C40H88O20Si8. The molecule has 6 aliphatic heterocycles. The lowest BCUT2D eigenvalue weighted by Gasteiger charge is -2.64. The molecule has 0 saturated carbocycles. The third-order valence-corrected chi connectivity index (χ3v) is 48.8. The Hall–Kier alpha value is 0.935. The number of hydrogen-bond donors (Lipinski definition) is 8. The van der Waals surface area contributed by atoms with Gasteiger partial charge in [-0.3, -0.25) is 0 Å². The van der Waals surface area contributed by atoms with Crippen molar-refractivity contribution in [3.05, 3.63) is 0 Å². The van der Waals surface area contributed by atoms with Crippen molar-refractivity contribution in [2.24, 2.45) is 0 Å². The second-order valence-corrected chi connectivity index (χ2v) is 49.9. The quantitative estimate of drug-likeness (QED) is 0.0587. The predicted octanol–water partition coefficient (Wildman–Crippen LogP) is 5.05. The summed E-state index contributed by atoms with van der Waals surface area (Å²) in [7, 11) is -37.2. The summed E-state index contributed by atoms with van der Waals surface area (Å²) in [6, 6.07) is -0.699. The summed E-state index contributed by atoms with van der Waals surface area (Å²) in [6.45, 7) is 26.2. The lowest BCUT2D eigenvalue weighted by atomic mass is 10.1. The molecule has 0 unspecified atom stereocenters. The SMILES string of the molecule is CC(C)(O)CC[Si]12O[Si]3(CCC(C)(C)O)O[Si]4(CCC(C)(C)O)O[Si](CCC(C)(C)O)(O1)O[Si]1(CCC(C)(C)O)O[Si](CCC(C)(C)O)(O2)O[Si](CCC(C)(C)O)(O3)O[Si](CCC(C)(C)O)(O4)O1. The highest BCUT2D eigenvalue weighted by Crippen LogP contribution is 2.56. The Labute approximate surface area is 414 Å². The summed E-state index contributed by atoms with van der Waals surface area (Å²) >= 11 is 0. The normalized spacial score (nSPS) is 36.4. The minimum absolute atomic E-state index is 0.0431. The third kappa shape index (κ3) is 17.5. The molecule has 6 heterocycles. The number of hydrogen-bond acceptors (Lipinski definition) is 20. The molecule has 0 aliphatic carbocycles. The van der Waals surface area contributed by atoms with Gasteiger partial charge in [-0.15, -0.1) is 0 Å². The predicted molar refractivity (Wildman–Crippen MR) is 265 cm³/mol. The zero-order valence-electron chi connectivity index (χ0n) is 43.8. The average Bonchev–Trinajstić information content (AvgIpc) is 3.06. The lowest BCUT2D eigenvalue weighted by Crippen LogP contribution is -2.88. The standard InChI is InChI=1S/C40H88O20Si8/c1-33(2,41)17-25-61-49-62(26-18-34(3,4)42)52-65(29-21-37(9,10)45)54-63(50-61,27-19-35(5,6)43)56-67(31-23-39(13,14)47)57-64(51-61,28-20-36(7,8)44)55-66(53-62,30-22-38(11,12)46)59-68(58-65,60-67)32-24-40(15,16)48/h41-48H,17-32H2,1-16H3. The highest BCUT2D eigenvalue weighted by molar-refractivity contribution is 7.03. The van der Waals surface area contributed by atoms with E-state index in [9.17, 15) is 40.9 Å². The van der Waals surface area contributed by atoms with Crippen molar-refractivity contribution in [3.63, 3.8) is 0 Å². The zero-order valence-corrected chi connectivity index (χ0v) is 51.8. The van der Waals surface area contributed by atoms with Gasteiger partial charge < -0.3 is 90.2 Å². The van der Waals surface area contributed by atoms with E-state index in [0.29, 0.717) is 0 Å². The van der Waals surface area contributed by atoms with Crippen LogP contribution < -0.4 is 0 Å². The largest absolute Gasteiger partial charge is 0.478 e. The van der Waals surface area contributed by atoms with Crippen LogP contribution in [0.3, 0.4) is 0 Å². The number of aliphatic hydroxyl groups is 8. The maximum atomic E-state index is 11.5. The van der Waals surface area contributed by atoms with Crippen LogP contribution in [-0.2, 0) is 49.4 Å². The smallest absolute Gasteiger partial charge is 0.390 e. The lowest BCUT2D eigenvalue weighted by molar-refractivity contribution is -0.0434. The Balaban J connectivity index is 2.02. The Bertz CT molecular complexity index is 1280. The van der Waals surface area contributed by atoms with Crippen LogP contribution in [0.2, 0.25) is 48.4 Å². The van der Waals surface area contributed by atoms with Crippen molar-refractivity contribution < 1.29 is 90.2 Å². The minimum Gasteiger partial charge on any atom is -0.390 e. The fourth-order valence-electron chi connectivity index (χ4n) is 8.24. The van der Waals surface area contributed by atoms with Crippen LogP contribution in [0, 0.1) is 0 Å². The summed E-state index contributed by atoms with van der Waals surface area (Å²) in [5, 5.41) is 91.8. The molecule has 6 fully saturated rings. The first-order valence-corrected chi connectivity index (χ1v) is 39.8. The van der Waals surface area contributed by atoms with E-state index in [0.717, 1.165) is 0 Å². The van der Waals surface area contributed by atoms with Crippen LogP contribution in [0.5, 0.6) is 0 Å². The first kappa shape index (κ1) is 59.8. The molecule has 0 spiro atoms. The highest BCUT2D eigenvalue weighted by atomic mass is 28.6. The monoisotopic (exact) mass is 1110 g/mol. The number of rotatable bonds is 24. The van der Waals surface area contributed by atoms with E-state index in [2.05, 4.69) is 0 Å². The van der Waals surface area contributed by atoms with E-state index < -0.39 is 115 Å². The average molecular weight is 1110 g/mol. The van der Waals surface area contributed by atoms with Crippen LogP contribution >= 0.6 is 0 Å². The van der Waals surface area contributed by atoms with E-state index in [1.54, 1.807) is 111 Å². The molecule has 8 N–H and O–H groups in total. The van der Waals surface area contributed by atoms with Crippen molar-refractivity contribution in [3.8, 4) is 0 Å². The molecule has 400 valence electrons. The molecule has 6 aliphatic rings. The van der Waals surface area contributed by atoms with Crippen molar-refractivity contribution in [1.82, 2.24) is 0 Å². The Kier molecular flexibility index (Phi) is 17.2. The van der Waals surface area contributed by atoms with Crippen LogP contribution in [0.15, 0.2) is 0 Å². The van der Waals surface area contributed by atoms with Crippen molar-refractivity contribution >= 4 is 70.4 Å². The van der Waals surface area contributed by atoms with Gasteiger partial charge in [-0.25, -0.2) is 0 Å². The van der Waals surface area contributed by atoms with E-state index in [1.165, 1.54) is 0 Å². The van der Waals surface area contributed by atoms with E-state index >= 15 is 0 Å². The molecule has 0 aromatic heterocycles. The summed E-state index contributed by atoms with van der Waals surface area (Å²) in [4.78, 5) is 0. The molecule has 0 aromatic carbocycles. The van der Waals surface area contributed by atoms with Crippen LogP contribution in [0.1, 0.15) is 162 Å². The molecule has 68 heavy (non-hydrogen) atoms. The molecule has 0 amide bonds. The Morgan fingerprint density at radius 2 is 0.265 bits per heavy atom. The fraction of sp³-hybridized carbons (Fsp3) is 1.00. The maximum Gasteiger partial charge on any atom is 0.478 e. The van der Waals surface area contributed by atoms with Gasteiger partial charge in [-0.2, -0.15) is 0 Å². The zero-order chi connectivity index (χ0) is 51.8. The van der Waals surface area contributed by atoms with Gasteiger partial charge in [0.2, 0.25) is 0 Å². The molecule has 20 nitrogen and oxygen atoms in total. The first-order chi connectivity index (χ1) is 30.1. The molecule has 6 saturated heterocycles. The van der Waals surface area contributed by atoms with Gasteiger partial charge in [-0.1, -0.05) is 0 Å². The molecular weight excluding hydrogens is 1030 g/mol. The molecule has 28 heteroatoms. The van der Waals surface area contributed by atoms with Crippen LogP contribution in [0.25, 0.3) is 0 Å². The van der Waals surface area contributed by atoms with Gasteiger partial charge >= 0.3 is 70.4 Å². The highest BCUT2D eigenvalue weighted by Gasteiger charge is 2.83. The summed E-state index contributed by atoms with van der Waals surface area (Å²) in [5.74, 6) is 0. The maximum absolute atomic E-state index is 11.5. The second kappa shape index (κ2) is 19.5. The first-order valence-electron chi connectivity index (χ1n) is 24.3. The van der Waals surface area contributed by atoms with Gasteiger partial charge in [-0.05, 0) is 162 Å². The molecule has 0 aromatic rings. The minimum atomic E-state index is -4.65.